The van der Waals surface area contributed by atoms with Gasteiger partial charge in [0, 0.05) is 31.5 Å². The van der Waals surface area contributed by atoms with Gasteiger partial charge in [-0.2, -0.15) is 0 Å². The molecule has 0 saturated carbocycles. The number of thioether (sulfide) groups is 1. The van der Waals surface area contributed by atoms with Crippen molar-refractivity contribution in [2.45, 2.75) is 24.5 Å². The van der Waals surface area contributed by atoms with E-state index in [4.69, 9.17) is 4.74 Å². The molecule has 0 fully saturated rings. The number of benzene rings is 1. The number of amides is 3. The number of aromatic nitrogens is 3. The number of rotatable bonds is 11. The molecule has 164 valence electrons. The van der Waals surface area contributed by atoms with Crippen LogP contribution < -0.4 is 10.6 Å². The number of carbonyl (C=O) groups is 2. The van der Waals surface area contributed by atoms with Gasteiger partial charge in [-0.25, -0.2) is 4.79 Å². The zero-order valence-corrected chi connectivity index (χ0v) is 18.9. The van der Waals surface area contributed by atoms with E-state index in [1.54, 1.807) is 18.4 Å². The number of urea groups is 1. The van der Waals surface area contributed by atoms with Crippen LogP contribution in [0.3, 0.4) is 0 Å². The quantitative estimate of drug-likeness (QED) is 0.338. The Morgan fingerprint density at radius 2 is 2.00 bits per heavy atom. The lowest BCUT2D eigenvalue weighted by Crippen LogP contribution is -2.41. The van der Waals surface area contributed by atoms with Gasteiger partial charge < -0.3 is 14.6 Å². The summed E-state index contributed by atoms with van der Waals surface area (Å²) in [5.41, 5.74) is 1.22. The van der Waals surface area contributed by atoms with Gasteiger partial charge in [-0.3, -0.25) is 10.1 Å². The van der Waals surface area contributed by atoms with Crippen molar-refractivity contribution in [1.29, 1.82) is 0 Å². The van der Waals surface area contributed by atoms with Crippen LogP contribution >= 0.6 is 23.1 Å². The first kappa shape index (κ1) is 23.0. The molecule has 0 bridgehead atoms. The van der Waals surface area contributed by atoms with E-state index in [0.717, 1.165) is 12.2 Å². The number of thiophene rings is 1. The largest absolute Gasteiger partial charge is 0.383 e. The first-order valence-corrected chi connectivity index (χ1v) is 11.7. The van der Waals surface area contributed by atoms with Crippen molar-refractivity contribution < 1.29 is 14.3 Å². The zero-order valence-electron chi connectivity index (χ0n) is 17.2. The normalized spacial score (nSPS) is 10.7. The third-order valence-corrected chi connectivity index (χ3v) is 6.19. The Balaban J connectivity index is 1.62. The van der Waals surface area contributed by atoms with Gasteiger partial charge >= 0.3 is 6.03 Å². The highest BCUT2D eigenvalue weighted by Gasteiger charge is 2.16. The SMILES string of the molecule is COCCNC(=O)NC(=O)CSc1nnc(Cc2cccs2)n1CCc1ccccc1. The molecule has 10 heteroatoms. The highest BCUT2D eigenvalue weighted by atomic mass is 32.2. The van der Waals surface area contributed by atoms with Gasteiger partial charge in [0.05, 0.1) is 12.4 Å². The summed E-state index contributed by atoms with van der Waals surface area (Å²) in [6, 6.07) is 13.8. The maximum atomic E-state index is 12.1. The molecule has 3 amide bonds. The number of methoxy groups -OCH3 is 1. The summed E-state index contributed by atoms with van der Waals surface area (Å²) in [7, 11) is 1.54. The van der Waals surface area contributed by atoms with Crippen LogP contribution in [-0.2, 0) is 28.9 Å². The highest BCUT2D eigenvalue weighted by Crippen LogP contribution is 2.21. The summed E-state index contributed by atoms with van der Waals surface area (Å²) in [6.45, 7) is 1.43. The van der Waals surface area contributed by atoms with Crippen LogP contribution in [0.5, 0.6) is 0 Å². The lowest BCUT2D eigenvalue weighted by Gasteiger charge is -2.10. The van der Waals surface area contributed by atoms with E-state index in [0.29, 0.717) is 31.3 Å². The van der Waals surface area contributed by atoms with Gasteiger partial charge in [0.25, 0.3) is 0 Å². The predicted octanol–water partition coefficient (Wildman–Crippen LogP) is 2.74. The topological polar surface area (TPSA) is 98.1 Å². The average molecular weight is 460 g/mol. The molecule has 2 N–H and O–H groups in total. The number of aryl methyl sites for hydroxylation is 1. The molecule has 0 radical (unpaired) electrons. The lowest BCUT2D eigenvalue weighted by molar-refractivity contribution is -0.117. The average Bonchev–Trinajstić information content (AvgIpc) is 3.42. The summed E-state index contributed by atoms with van der Waals surface area (Å²) >= 11 is 2.95. The van der Waals surface area contributed by atoms with E-state index in [1.165, 1.54) is 22.2 Å². The standard InChI is InChI=1S/C21H25N5O3S2/c1-29-12-10-22-20(28)23-19(27)15-31-21-25-24-18(14-17-8-5-13-30-17)26(21)11-9-16-6-3-2-4-7-16/h2-8,13H,9-12,14-15H2,1H3,(H2,22,23,27,28). The van der Waals surface area contributed by atoms with E-state index in [9.17, 15) is 9.59 Å². The summed E-state index contributed by atoms with van der Waals surface area (Å²) in [5, 5.41) is 16.2. The van der Waals surface area contributed by atoms with Crippen LogP contribution in [0.15, 0.2) is 53.0 Å². The van der Waals surface area contributed by atoms with Crippen LogP contribution in [0.1, 0.15) is 16.3 Å². The first-order valence-electron chi connectivity index (χ1n) is 9.83. The zero-order chi connectivity index (χ0) is 21.9. The van der Waals surface area contributed by atoms with Crippen LogP contribution in [0, 0.1) is 0 Å². The van der Waals surface area contributed by atoms with Gasteiger partial charge in [-0.05, 0) is 23.4 Å². The molecule has 0 aliphatic carbocycles. The van der Waals surface area contributed by atoms with Crippen molar-refractivity contribution in [1.82, 2.24) is 25.4 Å². The Bertz CT molecular complexity index is 961. The second kappa shape index (κ2) is 12.2. The van der Waals surface area contributed by atoms with Crippen molar-refractivity contribution in [3.05, 3.63) is 64.1 Å². The molecule has 3 rings (SSSR count). The molecule has 0 atom stereocenters. The molecule has 1 aromatic carbocycles. The van der Waals surface area contributed by atoms with Crippen molar-refractivity contribution in [3.63, 3.8) is 0 Å². The summed E-state index contributed by atoms with van der Waals surface area (Å²) in [5.74, 6) is 0.538. The maximum Gasteiger partial charge on any atom is 0.321 e. The number of imide groups is 1. The van der Waals surface area contributed by atoms with Crippen LogP contribution in [0.4, 0.5) is 4.79 Å². The van der Waals surface area contributed by atoms with E-state index in [-0.39, 0.29) is 5.75 Å². The van der Waals surface area contributed by atoms with E-state index >= 15 is 0 Å². The second-order valence-electron chi connectivity index (χ2n) is 6.63. The molecular formula is C21H25N5O3S2. The molecule has 31 heavy (non-hydrogen) atoms. The second-order valence-corrected chi connectivity index (χ2v) is 8.60. The smallest absolute Gasteiger partial charge is 0.321 e. The minimum absolute atomic E-state index is 0.0696. The van der Waals surface area contributed by atoms with Gasteiger partial charge in [0.15, 0.2) is 5.16 Å². The fourth-order valence-electron chi connectivity index (χ4n) is 2.84. The Morgan fingerprint density at radius 3 is 2.74 bits per heavy atom. The number of carbonyl (C=O) groups excluding carboxylic acids is 2. The molecule has 0 saturated heterocycles. The minimum Gasteiger partial charge on any atom is -0.383 e. The highest BCUT2D eigenvalue weighted by molar-refractivity contribution is 7.99. The molecule has 0 aliphatic heterocycles. The molecule has 0 spiro atoms. The predicted molar refractivity (Wildman–Crippen MR) is 121 cm³/mol. The number of hydrogen-bond acceptors (Lipinski definition) is 7. The Kier molecular flexibility index (Phi) is 9.07. The number of nitrogens with zero attached hydrogens (tertiary/aromatic N) is 3. The van der Waals surface area contributed by atoms with Crippen LogP contribution in [-0.4, -0.2) is 52.7 Å². The van der Waals surface area contributed by atoms with Gasteiger partial charge in [-0.1, -0.05) is 48.2 Å². The molecule has 2 aromatic heterocycles. The molecule has 2 heterocycles. The number of nitrogens with one attached hydrogen (secondary N) is 2. The summed E-state index contributed by atoms with van der Waals surface area (Å²) in [6.07, 6.45) is 1.52. The van der Waals surface area contributed by atoms with E-state index < -0.39 is 11.9 Å². The molecular weight excluding hydrogens is 434 g/mol. The molecule has 8 nitrogen and oxygen atoms in total. The van der Waals surface area contributed by atoms with E-state index in [2.05, 4.69) is 43.6 Å². The van der Waals surface area contributed by atoms with Gasteiger partial charge in [0.2, 0.25) is 5.91 Å². The summed E-state index contributed by atoms with van der Waals surface area (Å²) in [4.78, 5) is 25.0. The number of ether oxygens (including phenoxy) is 1. The third kappa shape index (κ3) is 7.50. The Labute approximate surface area is 189 Å². The monoisotopic (exact) mass is 459 g/mol. The summed E-state index contributed by atoms with van der Waals surface area (Å²) < 4.78 is 6.92. The molecule has 3 aromatic rings. The Hall–Kier alpha value is -2.69. The fourth-order valence-corrected chi connectivity index (χ4v) is 4.32. The van der Waals surface area contributed by atoms with Gasteiger partial charge in [-0.15, -0.1) is 21.5 Å². The van der Waals surface area contributed by atoms with Crippen molar-refractivity contribution in [2.75, 3.05) is 26.0 Å². The minimum atomic E-state index is -0.536. The van der Waals surface area contributed by atoms with Gasteiger partial charge in [0.1, 0.15) is 5.82 Å². The van der Waals surface area contributed by atoms with Crippen LogP contribution in [0.2, 0.25) is 0 Å². The fraction of sp³-hybridized carbons (Fsp3) is 0.333. The van der Waals surface area contributed by atoms with E-state index in [1.807, 2.05) is 29.6 Å². The van der Waals surface area contributed by atoms with Crippen molar-refractivity contribution in [3.8, 4) is 0 Å². The maximum absolute atomic E-state index is 12.1. The molecule has 0 aliphatic rings. The third-order valence-electron chi connectivity index (χ3n) is 4.35. The lowest BCUT2D eigenvalue weighted by atomic mass is 10.1. The molecule has 0 unspecified atom stereocenters. The first-order chi connectivity index (χ1) is 15.2. The van der Waals surface area contributed by atoms with Crippen molar-refractivity contribution in [2.24, 2.45) is 0 Å². The number of hydrogen-bond donors (Lipinski definition) is 2. The van der Waals surface area contributed by atoms with Crippen molar-refractivity contribution >= 4 is 35.0 Å². The van der Waals surface area contributed by atoms with Crippen LogP contribution in [0.25, 0.3) is 0 Å². The Morgan fingerprint density at radius 1 is 1.16 bits per heavy atom.